The lowest BCUT2D eigenvalue weighted by Gasteiger charge is -2.12. The van der Waals surface area contributed by atoms with Crippen LogP contribution in [0.5, 0.6) is 5.75 Å². The predicted molar refractivity (Wildman–Crippen MR) is 93.6 cm³/mol. The average molecular weight is 346 g/mol. The number of aromatic nitrogens is 2. The molecule has 1 aromatic heterocycles. The predicted octanol–water partition coefficient (Wildman–Crippen LogP) is 4.32. The van der Waals surface area contributed by atoms with Crippen molar-refractivity contribution in [1.29, 1.82) is 0 Å². The summed E-state index contributed by atoms with van der Waals surface area (Å²) in [4.78, 5) is 16.6. The third-order valence-electron chi connectivity index (χ3n) is 3.42. The van der Waals surface area contributed by atoms with E-state index in [0.29, 0.717) is 23.9 Å². The topological polar surface area (TPSA) is 74.5 Å². The molecule has 6 heteroatoms. The van der Waals surface area contributed by atoms with Crippen LogP contribution in [-0.2, 0) is 10.2 Å². The van der Waals surface area contributed by atoms with Gasteiger partial charge in [-0.15, -0.1) is 0 Å². The third kappa shape index (κ3) is 5.31. The van der Waals surface area contributed by atoms with Crippen LogP contribution in [0, 0.1) is 5.92 Å². The standard InChI is InChI=1S/C19H26N2O4/c1-12(2)11-23-15-9-7-14(8-10-15)17(22)24-13(3)16-20-18(21-25-16)19(4,5)6/h7-10,12-13H,11H2,1-6H3. The van der Waals surface area contributed by atoms with Crippen molar-refractivity contribution in [3.8, 4) is 5.75 Å². The molecule has 1 aromatic carbocycles. The van der Waals surface area contributed by atoms with E-state index in [1.165, 1.54) is 0 Å². The highest BCUT2D eigenvalue weighted by molar-refractivity contribution is 5.89. The number of esters is 1. The molecule has 0 radical (unpaired) electrons. The van der Waals surface area contributed by atoms with Gasteiger partial charge in [0.05, 0.1) is 12.2 Å². The molecule has 0 bridgehead atoms. The van der Waals surface area contributed by atoms with Gasteiger partial charge in [0.1, 0.15) is 5.75 Å². The first-order valence-corrected chi connectivity index (χ1v) is 8.44. The van der Waals surface area contributed by atoms with Gasteiger partial charge in [0, 0.05) is 5.41 Å². The highest BCUT2D eigenvalue weighted by Crippen LogP contribution is 2.23. The summed E-state index contributed by atoms with van der Waals surface area (Å²) >= 11 is 0. The lowest BCUT2D eigenvalue weighted by molar-refractivity contribution is 0.0265. The molecule has 0 saturated heterocycles. The van der Waals surface area contributed by atoms with Crippen molar-refractivity contribution in [3.05, 3.63) is 41.5 Å². The normalized spacial score (nSPS) is 12.9. The van der Waals surface area contributed by atoms with Gasteiger partial charge >= 0.3 is 5.97 Å². The van der Waals surface area contributed by atoms with Crippen LogP contribution in [0.2, 0.25) is 0 Å². The zero-order valence-corrected chi connectivity index (χ0v) is 15.7. The molecule has 25 heavy (non-hydrogen) atoms. The maximum absolute atomic E-state index is 12.3. The van der Waals surface area contributed by atoms with E-state index in [1.54, 1.807) is 31.2 Å². The molecule has 2 rings (SSSR count). The van der Waals surface area contributed by atoms with Gasteiger partial charge in [0.2, 0.25) is 0 Å². The second-order valence-electron chi connectivity index (χ2n) is 7.48. The van der Waals surface area contributed by atoms with Crippen LogP contribution in [0.25, 0.3) is 0 Å². The zero-order chi connectivity index (χ0) is 18.6. The molecule has 2 aromatic rings. The van der Waals surface area contributed by atoms with E-state index in [0.717, 1.165) is 5.75 Å². The van der Waals surface area contributed by atoms with Crippen LogP contribution < -0.4 is 4.74 Å². The third-order valence-corrected chi connectivity index (χ3v) is 3.42. The van der Waals surface area contributed by atoms with E-state index in [1.807, 2.05) is 20.8 Å². The molecule has 0 amide bonds. The van der Waals surface area contributed by atoms with E-state index in [4.69, 9.17) is 14.0 Å². The minimum Gasteiger partial charge on any atom is -0.493 e. The molecule has 0 aliphatic rings. The molecule has 0 fully saturated rings. The van der Waals surface area contributed by atoms with E-state index < -0.39 is 12.1 Å². The minimum absolute atomic E-state index is 0.225. The van der Waals surface area contributed by atoms with Gasteiger partial charge in [-0.2, -0.15) is 4.98 Å². The van der Waals surface area contributed by atoms with Gasteiger partial charge in [-0.25, -0.2) is 4.79 Å². The fourth-order valence-corrected chi connectivity index (χ4v) is 1.93. The molecule has 0 spiro atoms. The smallest absolute Gasteiger partial charge is 0.338 e. The van der Waals surface area contributed by atoms with Crippen LogP contribution in [0.3, 0.4) is 0 Å². The lowest BCUT2D eigenvalue weighted by atomic mass is 9.96. The van der Waals surface area contributed by atoms with Crippen molar-refractivity contribution in [2.45, 2.75) is 53.1 Å². The molecule has 0 N–H and O–H groups in total. The Kier molecular flexibility index (Phi) is 5.82. The van der Waals surface area contributed by atoms with E-state index in [2.05, 4.69) is 24.0 Å². The van der Waals surface area contributed by atoms with Crippen LogP contribution >= 0.6 is 0 Å². The summed E-state index contributed by atoms with van der Waals surface area (Å²) in [6.45, 7) is 12.5. The van der Waals surface area contributed by atoms with E-state index in [-0.39, 0.29) is 11.3 Å². The summed E-state index contributed by atoms with van der Waals surface area (Å²) in [5.41, 5.74) is 0.219. The second-order valence-corrected chi connectivity index (χ2v) is 7.48. The number of benzene rings is 1. The number of nitrogens with zero attached hydrogens (tertiary/aromatic N) is 2. The SMILES string of the molecule is CC(C)COc1ccc(C(=O)OC(C)c2nc(C(C)(C)C)no2)cc1. The Hall–Kier alpha value is -2.37. The first-order valence-electron chi connectivity index (χ1n) is 8.44. The lowest BCUT2D eigenvalue weighted by Crippen LogP contribution is -2.14. The van der Waals surface area contributed by atoms with Crippen LogP contribution in [0.15, 0.2) is 28.8 Å². The maximum Gasteiger partial charge on any atom is 0.338 e. The summed E-state index contributed by atoms with van der Waals surface area (Å²) in [5, 5.41) is 3.94. The number of hydrogen-bond donors (Lipinski definition) is 0. The molecule has 0 saturated carbocycles. The van der Waals surface area contributed by atoms with Gasteiger partial charge in [0.25, 0.3) is 5.89 Å². The average Bonchev–Trinajstić information content (AvgIpc) is 3.03. The van der Waals surface area contributed by atoms with Crippen LogP contribution in [0.1, 0.15) is 69.7 Å². The Balaban J connectivity index is 1.98. The monoisotopic (exact) mass is 346 g/mol. The van der Waals surface area contributed by atoms with E-state index in [9.17, 15) is 4.79 Å². The minimum atomic E-state index is -0.618. The van der Waals surface area contributed by atoms with Gasteiger partial charge in [-0.3, -0.25) is 0 Å². The Morgan fingerprint density at radius 1 is 1.16 bits per heavy atom. The fourth-order valence-electron chi connectivity index (χ4n) is 1.93. The van der Waals surface area contributed by atoms with Crippen molar-refractivity contribution < 1.29 is 18.8 Å². The summed E-state index contributed by atoms with van der Waals surface area (Å²) in [6.07, 6.45) is -0.618. The van der Waals surface area contributed by atoms with Crippen LogP contribution in [0.4, 0.5) is 0 Å². The van der Waals surface area contributed by atoms with Crippen molar-refractivity contribution >= 4 is 5.97 Å². The molecule has 6 nitrogen and oxygen atoms in total. The molecular weight excluding hydrogens is 320 g/mol. The molecule has 1 atom stereocenters. The highest BCUT2D eigenvalue weighted by atomic mass is 16.6. The molecule has 0 aliphatic heterocycles. The summed E-state index contributed by atoms with van der Waals surface area (Å²) in [5.74, 6) is 1.59. The van der Waals surface area contributed by atoms with Gasteiger partial charge in [0.15, 0.2) is 11.9 Å². The Labute approximate surface area is 148 Å². The van der Waals surface area contributed by atoms with E-state index >= 15 is 0 Å². The van der Waals surface area contributed by atoms with Gasteiger partial charge < -0.3 is 14.0 Å². The van der Waals surface area contributed by atoms with Crippen molar-refractivity contribution in [2.75, 3.05) is 6.61 Å². The quantitative estimate of drug-likeness (QED) is 0.725. The van der Waals surface area contributed by atoms with Crippen LogP contribution in [-0.4, -0.2) is 22.7 Å². The van der Waals surface area contributed by atoms with Crippen molar-refractivity contribution in [1.82, 2.24) is 10.1 Å². The number of carbonyl (C=O) groups is 1. The zero-order valence-electron chi connectivity index (χ0n) is 15.7. The van der Waals surface area contributed by atoms with Crippen molar-refractivity contribution in [2.24, 2.45) is 5.92 Å². The first kappa shape index (κ1) is 19.0. The van der Waals surface area contributed by atoms with Gasteiger partial charge in [-0.1, -0.05) is 39.8 Å². The number of hydrogen-bond acceptors (Lipinski definition) is 6. The summed E-state index contributed by atoms with van der Waals surface area (Å²) < 4.78 is 16.2. The highest BCUT2D eigenvalue weighted by Gasteiger charge is 2.25. The Morgan fingerprint density at radius 3 is 2.32 bits per heavy atom. The molecule has 1 unspecified atom stereocenters. The molecular formula is C19H26N2O4. The number of rotatable bonds is 6. The Morgan fingerprint density at radius 2 is 1.80 bits per heavy atom. The summed E-state index contributed by atoms with van der Waals surface area (Å²) in [7, 11) is 0. The number of ether oxygens (including phenoxy) is 2. The molecule has 0 aliphatic carbocycles. The second kappa shape index (κ2) is 7.68. The molecule has 1 heterocycles. The van der Waals surface area contributed by atoms with Gasteiger partial charge in [-0.05, 0) is 37.1 Å². The maximum atomic E-state index is 12.3. The van der Waals surface area contributed by atoms with Crippen molar-refractivity contribution in [3.63, 3.8) is 0 Å². The summed E-state index contributed by atoms with van der Waals surface area (Å²) in [6, 6.07) is 6.88. The largest absolute Gasteiger partial charge is 0.493 e. The fraction of sp³-hybridized carbons (Fsp3) is 0.526. The number of carbonyl (C=O) groups excluding carboxylic acids is 1. The molecule has 136 valence electrons. The first-order chi connectivity index (χ1) is 11.7. The Bertz CT molecular complexity index is 699.